The summed E-state index contributed by atoms with van der Waals surface area (Å²) < 4.78 is 4.34. The molecule has 0 aromatic rings. The van der Waals surface area contributed by atoms with Crippen LogP contribution in [0.15, 0.2) is 14.6 Å². The van der Waals surface area contributed by atoms with Crippen LogP contribution in [0.5, 0.6) is 0 Å². The van der Waals surface area contributed by atoms with Gasteiger partial charge in [0.2, 0.25) is 0 Å². The molecule has 0 atom stereocenters. The minimum absolute atomic E-state index is 0.183. The van der Waals surface area contributed by atoms with Gasteiger partial charge in [0, 0.05) is 6.21 Å². The van der Waals surface area contributed by atoms with E-state index in [9.17, 15) is 0 Å². The van der Waals surface area contributed by atoms with Crippen LogP contribution in [0, 0.1) is 0 Å². The smallest absolute Gasteiger partial charge is 0.0597 e. The molecule has 0 amide bonds. The van der Waals surface area contributed by atoms with Crippen LogP contribution in [0.4, 0.5) is 0 Å². The number of hydrogen-bond donors (Lipinski definition) is 0. The summed E-state index contributed by atoms with van der Waals surface area (Å²) in [6.07, 6.45) is 3.08. The summed E-state index contributed by atoms with van der Waals surface area (Å²) in [5, 5.41) is 0. The van der Waals surface area contributed by atoms with Crippen molar-refractivity contribution in [1.82, 2.24) is 0 Å². The molecule has 0 unspecified atom stereocenters. The second-order valence-electron chi connectivity index (χ2n) is 1.54. The van der Waals surface area contributed by atoms with Gasteiger partial charge in [-0.25, -0.2) is 0 Å². The van der Waals surface area contributed by atoms with Crippen molar-refractivity contribution in [2.75, 3.05) is 0 Å². The maximum Gasteiger partial charge on any atom is 0.0597 e. The Labute approximate surface area is 59.3 Å². The molecule has 1 aliphatic heterocycles. The zero-order chi connectivity index (χ0) is 5.82. The number of aliphatic imine (C=N–C) groups is 1. The van der Waals surface area contributed by atoms with Gasteiger partial charge in [0.25, 0.3) is 0 Å². The zero-order valence-electron chi connectivity index (χ0n) is 4.76. The number of hydrogen-bond acceptors (Lipinski definition) is 1. The Balaban J connectivity index is 2.68. The van der Waals surface area contributed by atoms with Crippen LogP contribution in [0.1, 0.15) is 13.3 Å². The Morgan fingerprint density at radius 2 is 2.62 bits per heavy atom. The van der Waals surface area contributed by atoms with E-state index in [0.717, 1.165) is 6.42 Å². The molecule has 1 heterocycles. The molecule has 0 bridgehead atoms. The van der Waals surface area contributed by atoms with Crippen molar-refractivity contribution in [2.45, 2.75) is 13.3 Å². The molecule has 44 valence electrons. The van der Waals surface area contributed by atoms with E-state index in [1.807, 2.05) is 10.4 Å². The molecule has 1 rings (SSSR count). The first-order chi connectivity index (χ1) is 3.93. The van der Waals surface area contributed by atoms with Gasteiger partial charge in [-0.05, 0) is 16.1 Å². The molecule has 1 aliphatic rings. The van der Waals surface area contributed by atoms with Crippen LogP contribution in [0.2, 0.25) is 0 Å². The van der Waals surface area contributed by atoms with Crippen LogP contribution >= 0.6 is 20.7 Å². The molecule has 0 spiro atoms. The summed E-state index contributed by atoms with van der Waals surface area (Å²) in [4.78, 5) is 4.06. The first kappa shape index (κ1) is 6.13. The maximum absolute atomic E-state index is 4.06. The SMILES string of the molecule is CCC1=CI=CN=C1. The fraction of sp³-hybridized carbons (Fsp3) is 0.333. The minimum Gasteiger partial charge on any atom is -0.258 e. The Hall–Kier alpha value is 0.01000. The van der Waals surface area contributed by atoms with Crippen LogP contribution < -0.4 is 0 Å². The normalized spacial score (nSPS) is 17.4. The van der Waals surface area contributed by atoms with Crippen molar-refractivity contribution in [1.29, 1.82) is 0 Å². The summed E-state index contributed by atoms with van der Waals surface area (Å²) in [5.74, 6) is 0. The third-order valence-corrected chi connectivity index (χ3v) is 2.77. The van der Waals surface area contributed by atoms with Crippen molar-refractivity contribution in [3.05, 3.63) is 9.66 Å². The predicted molar refractivity (Wildman–Crippen MR) is 47.0 cm³/mol. The van der Waals surface area contributed by atoms with Gasteiger partial charge in [0.1, 0.15) is 0 Å². The lowest BCUT2D eigenvalue weighted by Gasteiger charge is -1.93. The molecule has 0 fully saturated rings. The van der Waals surface area contributed by atoms with E-state index in [1.165, 1.54) is 5.57 Å². The fourth-order valence-corrected chi connectivity index (χ4v) is 2.03. The van der Waals surface area contributed by atoms with E-state index in [1.54, 1.807) is 0 Å². The maximum atomic E-state index is 4.06. The molecule has 0 N–H and O–H groups in total. The highest BCUT2D eigenvalue weighted by Gasteiger charge is 1.87. The van der Waals surface area contributed by atoms with Gasteiger partial charge in [-0.1, -0.05) is 27.7 Å². The Morgan fingerprint density at radius 3 is 3.00 bits per heavy atom. The van der Waals surface area contributed by atoms with E-state index < -0.39 is 0 Å². The molecule has 0 aliphatic carbocycles. The molecule has 0 saturated heterocycles. The summed E-state index contributed by atoms with van der Waals surface area (Å²) >= 11 is 0.183. The molecule has 0 saturated carbocycles. The Morgan fingerprint density at radius 1 is 1.75 bits per heavy atom. The van der Waals surface area contributed by atoms with Gasteiger partial charge in [0.05, 0.1) is 4.14 Å². The van der Waals surface area contributed by atoms with Crippen LogP contribution in [0.3, 0.4) is 0 Å². The molecule has 0 aromatic carbocycles. The van der Waals surface area contributed by atoms with E-state index in [0.29, 0.717) is 0 Å². The molecular formula is C6H8IN. The first-order valence-corrected chi connectivity index (χ1v) is 5.08. The van der Waals surface area contributed by atoms with E-state index >= 15 is 0 Å². The Bertz CT molecular complexity index is 156. The Kier molecular flexibility index (Phi) is 2.39. The molecule has 8 heavy (non-hydrogen) atoms. The number of rotatable bonds is 1. The second kappa shape index (κ2) is 3.12. The number of allylic oxidation sites excluding steroid dienone is 1. The summed E-state index contributed by atoms with van der Waals surface area (Å²) in [6, 6.07) is 0. The molecule has 0 aromatic heterocycles. The lowest BCUT2D eigenvalue weighted by atomic mass is 10.3. The summed E-state index contributed by atoms with van der Waals surface area (Å²) in [6.45, 7) is 2.16. The number of halogens is 1. The van der Waals surface area contributed by atoms with E-state index in [4.69, 9.17) is 0 Å². The van der Waals surface area contributed by atoms with Gasteiger partial charge < -0.3 is 0 Å². The van der Waals surface area contributed by atoms with Crippen LogP contribution in [0.25, 0.3) is 0 Å². The average Bonchev–Trinajstić information content (AvgIpc) is 1.90. The molecule has 0 radical (unpaired) electrons. The fourth-order valence-electron chi connectivity index (χ4n) is 0.462. The predicted octanol–water partition coefficient (Wildman–Crippen LogP) is 2.10. The number of nitrogens with zero attached hydrogens (tertiary/aromatic N) is 1. The van der Waals surface area contributed by atoms with Crippen molar-refractivity contribution in [2.24, 2.45) is 4.99 Å². The van der Waals surface area contributed by atoms with E-state index in [2.05, 4.69) is 16.0 Å². The minimum atomic E-state index is 0.183. The lowest BCUT2D eigenvalue weighted by Crippen LogP contribution is -1.82. The highest BCUT2D eigenvalue weighted by molar-refractivity contribution is 14.2. The van der Waals surface area contributed by atoms with Crippen molar-refractivity contribution < 1.29 is 0 Å². The summed E-state index contributed by atoms with van der Waals surface area (Å²) in [5.41, 5.74) is 1.40. The van der Waals surface area contributed by atoms with Gasteiger partial charge in [-0.15, -0.1) is 0 Å². The topological polar surface area (TPSA) is 12.4 Å². The largest absolute Gasteiger partial charge is 0.258 e. The van der Waals surface area contributed by atoms with Crippen molar-refractivity contribution in [3.63, 3.8) is 0 Å². The van der Waals surface area contributed by atoms with Gasteiger partial charge in [-0.3, -0.25) is 4.99 Å². The van der Waals surface area contributed by atoms with Gasteiger partial charge in [-0.2, -0.15) is 0 Å². The monoisotopic (exact) mass is 221 g/mol. The van der Waals surface area contributed by atoms with Gasteiger partial charge >= 0.3 is 0 Å². The molecule has 2 heteroatoms. The highest BCUT2D eigenvalue weighted by atomic mass is 127. The lowest BCUT2D eigenvalue weighted by molar-refractivity contribution is 1.19. The van der Waals surface area contributed by atoms with Crippen LogP contribution in [-0.2, 0) is 0 Å². The highest BCUT2D eigenvalue weighted by Crippen LogP contribution is 2.09. The van der Waals surface area contributed by atoms with Crippen molar-refractivity contribution >= 4 is 31.1 Å². The van der Waals surface area contributed by atoms with Crippen molar-refractivity contribution in [3.8, 4) is 0 Å². The first-order valence-electron chi connectivity index (χ1n) is 2.59. The average molecular weight is 221 g/mol. The standard InChI is InChI=1S/C6H8IN/c1-2-6-3-7-5-8-4-6/h3-5H,2H2,1H3. The zero-order valence-corrected chi connectivity index (χ0v) is 6.92. The van der Waals surface area contributed by atoms with Crippen LogP contribution in [-0.4, -0.2) is 10.4 Å². The third kappa shape index (κ3) is 1.51. The third-order valence-electron chi connectivity index (χ3n) is 0.964. The molecular weight excluding hydrogens is 213 g/mol. The van der Waals surface area contributed by atoms with Gasteiger partial charge in [0.15, 0.2) is 0 Å². The second-order valence-corrected chi connectivity index (χ2v) is 3.44. The molecule has 1 nitrogen and oxygen atoms in total. The quantitative estimate of drug-likeness (QED) is 0.601. The van der Waals surface area contributed by atoms with E-state index in [-0.39, 0.29) is 20.7 Å². The summed E-state index contributed by atoms with van der Waals surface area (Å²) in [7, 11) is 0.